The normalized spacial score (nSPS) is 27.2. The Labute approximate surface area is 101 Å². The lowest BCUT2D eigenvalue weighted by Crippen LogP contribution is -2.27. The number of carboxylic acid groups (broad SMARTS) is 1. The van der Waals surface area contributed by atoms with Crippen molar-refractivity contribution < 1.29 is 14.7 Å². The van der Waals surface area contributed by atoms with Gasteiger partial charge in [-0.1, -0.05) is 11.6 Å². The minimum atomic E-state index is -0.847. The number of hydrogen-bond donors (Lipinski definition) is 2. The van der Waals surface area contributed by atoms with Gasteiger partial charge in [-0.25, -0.2) is 0 Å². The highest BCUT2D eigenvalue weighted by Gasteiger charge is 2.48. The van der Waals surface area contributed by atoms with Gasteiger partial charge in [0.2, 0.25) is 5.91 Å². The van der Waals surface area contributed by atoms with E-state index in [0.717, 1.165) is 19.3 Å². The molecule has 0 saturated heterocycles. The molecule has 0 bridgehead atoms. The van der Waals surface area contributed by atoms with Crippen LogP contribution in [0.5, 0.6) is 0 Å². The molecule has 1 amide bonds. The Bertz CT molecular complexity index is 349. The average molecular weight is 237 g/mol. The topological polar surface area (TPSA) is 66.4 Å². The zero-order chi connectivity index (χ0) is 12.3. The molecule has 0 unspecified atom stereocenters. The van der Waals surface area contributed by atoms with E-state index in [1.54, 1.807) is 0 Å². The number of rotatable bonds is 5. The van der Waals surface area contributed by atoms with Gasteiger partial charge in [-0.15, -0.1) is 0 Å². The maximum absolute atomic E-state index is 11.6. The molecule has 4 nitrogen and oxygen atoms in total. The second-order valence-electron chi connectivity index (χ2n) is 4.94. The Balaban J connectivity index is 1.64. The highest BCUT2D eigenvalue weighted by atomic mass is 16.4. The standard InChI is InChI=1S/C13H19NO3/c15-12(10-8-11(10)13(16)17)14-7-6-9-4-2-1-3-5-9/h4,10-11H,1-3,5-8H2,(H,14,15)(H,16,17)/t10-,11+/m1/s1. The van der Waals surface area contributed by atoms with Gasteiger partial charge in [-0.3, -0.25) is 9.59 Å². The number of allylic oxidation sites excluding steroid dienone is 1. The zero-order valence-electron chi connectivity index (χ0n) is 9.95. The van der Waals surface area contributed by atoms with Gasteiger partial charge in [-0.05, 0) is 38.5 Å². The second-order valence-corrected chi connectivity index (χ2v) is 4.94. The average Bonchev–Trinajstić information content (AvgIpc) is 3.10. The summed E-state index contributed by atoms with van der Waals surface area (Å²) in [6.45, 7) is 0.646. The molecule has 1 saturated carbocycles. The van der Waals surface area contributed by atoms with E-state index in [4.69, 9.17) is 5.11 Å². The number of hydrogen-bond acceptors (Lipinski definition) is 2. The Morgan fingerprint density at radius 1 is 1.35 bits per heavy atom. The number of nitrogens with one attached hydrogen (secondary N) is 1. The first kappa shape index (κ1) is 12.1. The van der Waals surface area contributed by atoms with Crippen LogP contribution >= 0.6 is 0 Å². The third-order valence-corrected chi connectivity index (χ3v) is 3.57. The van der Waals surface area contributed by atoms with E-state index in [9.17, 15) is 9.59 Å². The molecule has 0 aliphatic heterocycles. The molecule has 0 heterocycles. The van der Waals surface area contributed by atoms with Gasteiger partial charge in [-0.2, -0.15) is 0 Å². The van der Waals surface area contributed by atoms with Crippen LogP contribution in [0.4, 0.5) is 0 Å². The molecule has 2 N–H and O–H groups in total. The lowest BCUT2D eigenvalue weighted by molar-refractivity contribution is -0.140. The molecular weight excluding hydrogens is 218 g/mol. The van der Waals surface area contributed by atoms with Crippen LogP contribution in [0, 0.1) is 11.8 Å². The fourth-order valence-electron chi connectivity index (χ4n) is 2.37. The predicted molar refractivity (Wildman–Crippen MR) is 63.4 cm³/mol. The third kappa shape index (κ3) is 3.32. The smallest absolute Gasteiger partial charge is 0.307 e. The predicted octanol–water partition coefficient (Wildman–Crippen LogP) is 1.71. The molecule has 0 radical (unpaired) electrons. The summed E-state index contributed by atoms with van der Waals surface area (Å²) in [6.07, 6.45) is 8.53. The second kappa shape index (κ2) is 5.34. The van der Waals surface area contributed by atoms with Crippen molar-refractivity contribution in [3.8, 4) is 0 Å². The van der Waals surface area contributed by atoms with E-state index >= 15 is 0 Å². The van der Waals surface area contributed by atoms with Crippen LogP contribution in [-0.2, 0) is 9.59 Å². The summed E-state index contributed by atoms with van der Waals surface area (Å²) in [5.41, 5.74) is 1.43. The van der Waals surface area contributed by atoms with Crippen LogP contribution in [0.1, 0.15) is 38.5 Å². The van der Waals surface area contributed by atoms with Gasteiger partial charge in [0, 0.05) is 6.54 Å². The lowest BCUT2D eigenvalue weighted by atomic mass is 9.97. The van der Waals surface area contributed by atoms with Crippen molar-refractivity contribution in [1.29, 1.82) is 0 Å². The fourth-order valence-corrected chi connectivity index (χ4v) is 2.37. The van der Waals surface area contributed by atoms with E-state index < -0.39 is 11.9 Å². The van der Waals surface area contributed by atoms with Gasteiger partial charge in [0.05, 0.1) is 11.8 Å². The van der Waals surface area contributed by atoms with E-state index in [-0.39, 0.29) is 11.8 Å². The maximum atomic E-state index is 11.6. The number of carbonyl (C=O) groups excluding carboxylic acids is 1. The molecule has 2 atom stereocenters. The van der Waals surface area contributed by atoms with Crippen molar-refractivity contribution in [2.75, 3.05) is 6.54 Å². The summed E-state index contributed by atoms with van der Waals surface area (Å²) in [7, 11) is 0. The van der Waals surface area contributed by atoms with Crippen LogP contribution < -0.4 is 5.32 Å². The summed E-state index contributed by atoms with van der Waals surface area (Å²) in [4.78, 5) is 22.2. The fraction of sp³-hybridized carbons (Fsp3) is 0.692. The van der Waals surface area contributed by atoms with E-state index in [2.05, 4.69) is 11.4 Å². The Morgan fingerprint density at radius 2 is 2.18 bits per heavy atom. The molecule has 0 aromatic carbocycles. The van der Waals surface area contributed by atoms with Crippen molar-refractivity contribution in [1.82, 2.24) is 5.32 Å². The molecule has 0 aromatic rings. The lowest BCUT2D eigenvalue weighted by Gasteiger charge is -2.12. The zero-order valence-corrected chi connectivity index (χ0v) is 9.95. The molecule has 2 aliphatic carbocycles. The summed E-state index contributed by atoms with van der Waals surface area (Å²) in [5, 5.41) is 11.5. The van der Waals surface area contributed by atoms with Crippen LogP contribution in [0.3, 0.4) is 0 Å². The van der Waals surface area contributed by atoms with Gasteiger partial charge in [0.15, 0.2) is 0 Å². The first-order chi connectivity index (χ1) is 8.18. The number of aliphatic carboxylic acids is 1. The summed E-state index contributed by atoms with van der Waals surface area (Å²) < 4.78 is 0. The molecule has 2 aliphatic rings. The third-order valence-electron chi connectivity index (χ3n) is 3.57. The highest BCUT2D eigenvalue weighted by Crippen LogP contribution is 2.38. The summed E-state index contributed by atoms with van der Waals surface area (Å²) in [5.74, 6) is -1.66. The molecule has 17 heavy (non-hydrogen) atoms. The monoisotopic (exact) mass is 237 g/mol. The number of amides is 1. The Morgan fingerprint density at radius 3 is 2.76 bits per heavy atom. The molecule has 4 heteroatoms. The van der Waals surface area contributed by atoms with Gasteiger partial charge >= 0.3 is 5.97 Å². The molecule has 0 spiro atoms. The molecule has 0 aromatic heterocycles. The van der Waals surface area contributed by atoms with Gasteiger partial charge in [0.25, 0.3) is 0 Å². The van der Waals surface area contributed by atoms with Crippen molar-refractivity contribution in [3.05, 3.63) is 11.6 Å². The van der Waals surface area contributed by atoms with E-state index in [1.165, 1.54) is 18.4 Å². The van der Waals surface area contributed by atoms with Crippen LogP contribution in [0.2, 0.25) is 0 Å². The quantitative estimate of drug-likeness (QED) is 0.715. The molecular formula is C13H19NO3. The molecule has 1 fully saturated rings. The van der Waals surface area contributed by atoms with Gasteiger partial charge in [0.1, 0.15) is 0 Å². The van der Waals surface area contributed by atoms with Crippen LogP contribution in [0.25, 0.3) is 0 Å². The number of carbonyl (C=O) groups is 2. The first-order valence-electron chi connectivity index (χ1n) is 6.37. The minimum Gasteiger partial charge on any atom is -0.481 e. The van der Waals surface area contributed by atoms with Crippen molar-refractivity contribution in [2.45, 2.75) is 38.5 Å². The minimum absolute atomic E-state index is 0.0891. The van der Waals surface area contributed by atoms with Crippen LogP contribution in [-0.4, -0.2) is 23.5 Å². The van der Waals surface area contributed by atoms with Crippen molar-refractivity contribution in [3.63, 3.8) is 0 Å². The van der Waals surface area contributed by atoms with Crippen molar-refractivity contribution in [2.24, 2.45) is 11.8 Å². The van der Waals surface area contributed by atoms with Gasteiger partial charge < -0.3 is 10.4 Å². The molecule has 2 rings (SSSR count). The molecule has 94 valence electrons. The summed E-state index contributed by atoms with van der Waals surface area (Å²) in [6, 6.07) is 0. The summed E-state index contributed by atoms with van der Waals surface area (Å²) >= 11 is 0. The first-order valence-corrected chi connectivity index (χ1v) is 6.37. The Hall–Kier alpha value is -1.32. The van der Waals surface area contributed by atoms with Crippen LogP contribution in [0.15, 0.2) is 11.6 Å². The SMILES string of the molecule is O=C(O)[C@H]1C[C@H]1C(=O)NCCC1=CCCCC1. The van der Waals surface area contributed by atoms with Crippen molar-refractivity contribution >= 4 is 11.9 Å². The Kier molecular flexibility index (Phi) is 3.82. The van der Waals surface area contributed by atoms with E-state index in [1.807, 2.05) is 0 Å². The largest absolute Gasteiger partial charge is 0.481 e. The highest BCUT2D eigenvalue weighted by molar-refractivity contribution is 5.89. The number of carboxylic acids is 1. The maximum Gasteiger partial charge on any atom is 0.307 e. The van der Waals surface area contributed by atoms with E-state index in [0.29, 0.717) is 13.0 Å².